The van der Waals surface area contributed by atoms with E-state index in [1.54, 1.807) is 14.2 Å². The van der Waals surface area contributed by atoms with Crippen molar-refractivity contribution in [1.82, 2.24) is 30.1 Å². The number of aromatic nitrogens is 5. The molecule has 1 N–H and O–H groups in total. The molecule has 2 aliphatic rings. The number of piperazine rings is 1. The summed E-state index contributed by atoms with van der Waals surface area (Å²) in [4.78, 5) is 21.4. The molecule has 10 nitrogen and oxygen atoms in total. The topological polar surface area (TPSA) is 101 Å². The lowest BCUT2D eigenvalue weighted by molar-refractivity contribution is 0.192. The van der Waals surface area contributed by atoms with Crippen molar-refractivity contribution in [2.75, 3.05) is 45.3 Å². The molecule has 0 unspecified atom stereocenters. The average Bonchev–Trinajstić information content (AvgIpc) is 3.48. The highest BCUT2D eigenvalue weighted by Gasteiger charge is 2.34. The summed E-state index contributed by atoms with van der Waals surface area (Å²) in [5.74, 6) is 2.34. The zero-order chi connectivity index (χ0) is 26.8. The number of nitrogens with one attached hydrogen (secondary N) is 1. The first-order chi connectivity index (χ1) is 19.1. The quantitative estimate of drug-likeness (QED) is 0.384. The Labute approximate surface area is 227 Å². The fraction of sp³-hybridized carbons (Fsp3) is 0.448. The predicted octanol–water partition coefficient (Wildman–Crippen LogP) is 3.95. The third-order valence-electron chi connectivity index (χ3n) is 8.18. The standard InChI is InChI=1S/C29H35N7O3/c1-38-23-10-8-21(9-11-23)34-14-16-35(17-15-34)27(28-31-32-33-36(28)22-6-4-3-5-7-22)25-19-20-18-24(39-2)12-13-26(20)30-29(25)37/h8-13,18-19,22,27H,3-7,14-17H2,1-2H3,(H,30,37)/t27-/m1/s1. The lowest BCUT2D eigenvalue weighted by Gasteiger charge is -2.40. The Morgan fingerprint density at radius 2 is 1.62 bits per heavy atom. The fourth-order valence-electron chi connectivity index (χ4n) is 6.03. The highest BCUT2D eigenvalue weighted by atomic mass is 16.5. The second-order valence-corrected chi connectivity index (χ2v) is 10.4. The van der Waals surface area contributed by atoms with Gasteiger partial charge in [-0.3, -0.25) is 9.69 Å². The van der Waals surface area contributed by atoms with Crippen molar-refractivity contribution in [3.8, 4) is 11.5 Å². The fourth-order valence-corrected chi connectivity index (χ4v) is 6.03. The van der Waals surface area contributed by atoms with E-state index in [-0.39, 0.29) is 17.6 Å². The number of fused-ring (bicyclic) bond motifs is 1. The number of aromatic amines is 1. The number of pyridine rings is 1. The van der Waals surface area contributed by atoms with Gasteiger partial charge in [0.15, 0.2) is 5.82 Å². The predicted molar refractivity (Wildman–Crippen MR) is 150 cm³/mol. The van der Waals surface area contributed by atoms with Crippen molar-refractivity contribution in [2.45, 2.75) is 44.2 Å². The summed E-state index contributed by atoms with van der Waals surface area (Å²) in [6, 6.07) is 15.7. The number of H-pyrrole nitrogens is 1. The molecular weight excluding hydrogens is 494 g/mol. The van der Waals surface area contributed by atoms with Crippen LogP contribution in [0.1, 0.15) is 55.6 Å². The van der Waals surface area contributed by atoms with Crippen LogP contribution in [0.4, 0.5) is 5.69 Å². The van der Waals surface area contributed by atoms with Gasteiger partial charge in [0, 0.05) is 48.3 Å². The van der Waals surface area contributed by atoms with Crippen molar-refractivity contribution in [2.24, 2.45) is 0 Å². The van der Waals surface area contributed by atoms with E-state index in [0.29, 0.717) is 5.56 Å². The van der Waals surface area contributed by atoms with E-state index in [0.717, 1.165) is 72.9 Å². The molecule has 1 aliphatic carbocycles. The number of methoxy groups -OCH3 is 2. The van der Waals surface area contributed by atoms with Gasteiger partial charge in [-0.25, -0.2) is 4.68 Å². The summed E-state index contributed by atoms with van der Waals surface area (Å²) in [7, 11) is 3.33. The van der Waals surface area contributed by atoms with Crippen LogP contribution >= 0.6 is 0 Å². The van der Waals surface area contributed by atoms with Crippen LogP contribution < -0.4 is 19.9 Å². The van der Waals surface area contributed by atoms with E-state index >= 15 is 0 Å². The third kappa shape index (κ3) is 5.08. The molecule has 0 radical (unpaired) electrons. The molecule has 0 spiro atoms. The Morgan fingerprint density at radius 3 is 2.33 bits per heavy atom. The molecule has 2 aromatic carbocycles. The number of benzene rings is 2. The van der Waals surface area contributed by atoms with Crippen LogP contribution in [0.5, 0.6) is 11.5 Å². The van der Waals surface area contributed by atoms with Gasteiger partial charge in [-0.2, -0.15) is 0 Å². The number of hydrogen-bond donors (Lipinski definition) is 1. The Bertz CT molecular complexity index is 1470. The Balaban J connectivity index is 1.37. The number of rotatable bonds is 7. The number of nitrogens with zero attached hydrogens (tertiary/aromatic N) is 6. The van der Waals surface area contributed by atoms with Crippen molar-refractivity contribution in [1.29, 1.82) is 0 Å². The molecule has 2 fully saturated rings. The maximum atomic E-state index is 13.6. The summed E-state index contributed by atoms with van der Waals surface area (Å²) in [6.45, 7) is 3.19. The second kappa shape index (κ2) is 11.1. The molecule has 2 aromatic heterocycles. The van der Waals surface area contributed by atoms with Crippen LogP contribution in [0.2, 0.25) is 0 Å². The number of ether oxygens (including phenoxy) is 2. The van der Waals surface area contributed by atoms with Crippen LogP contribution in [-0.4, -0.2) is 70.5 Å². The lowest BCUT2D eigenvalue weighted by atomic mass is 9.95. The van der Waals surface area contributed by atoms with Gasteiger partial charge >= 0.3 is 0 Å². The molecule has 10 heteroatoms. The average molecular weight is 530 g/mol. The monoisotopic (exact) mass is 529 g/mol. The molecule has 39 heavy (non-hydrogen) atoms. The SMILES string of the molecule is COc1ccc(N2CCN([C@H](c3cc4cc(OC)ccc4[nH]c3=O)c3nnnn3C3CCCCC3)CC2)cc1. The summed E-state index contributed by atoms with van der Waals surface area (Å²) in [5.41, 5.74) is 2.48. The smallest absolute Gasteiger partial charge is 0.253 e. The van der Waals surface area contributed by atoms with Gasteiger partial charge in [-0.1, -0.05) is 19.3 Å². The summed E-state index contributed by atoms with van der Waals surface area (Å²) in [6.07, 6.45) is 5.70. The molecule has 204 valence electrons. The largest absolute Gasteiger partial charge is 0.497 e. The molecule has 6 rings (SSSR count). The molecule has 1 saturated carbocycles. The second-order valence-electron chi connectivity index (χ2n) is 10.4. The number of tetrazole rings is 1. The molecule has 3 heterocycles. The first kappa shape index (κ1) is 25.4. The zero-order valence-corrected chi connectivity index (χ0v) is 22.5. The van der Waals surface area contributed by atoms with Gasteiger partial charge in [0.25, 0.3) is 5.56 Å². The molecule has 1 saturated heterocycles. The minimum absolute atomic E-state index is 0.117. The summed E-state index contributed by atoms with van der Waals surface area (Å²) in [5, 5.41) is 14.0. The summed E-state index contributed by atoms with van der Waals surface area (Å²) < 4.78 is 12.8. The third-order valence-corrected chi connectivity index (χ3v) is 8.18. The van der Waals surface area contributed by atoms with Crippen LogP contribution in [0, 0.1) is 0 Å². The minimum atomic E-state index is -0.362. The van der Waals surface area contributed by atoms with Gasteiger partial charge in [0.1, 0.15) is 17.5 Å². The van der Waals surface area contributed by atoms with Gasteiger partial charge in [0.05, 0.1) is 20.3 Å². The van der Waals surface area contributed by atoms with Crippen molar-refractivity contribution in [3.05, 3.63) is 70.3 Å². The van der Waals surface area contributed by atoms with E-state index in [4.69, 9.17) is 9.47 Å². The first-order valence-corrected chi connectivity index (χ1v) is 13.8. The first-order valence-electron chi connectivity index (χ1n) is 13.8. The van der Waals surface area contributed by atoms with E-state index in [1.165, 1.54) is 19.3 Å². The van der Waals surface area contributed by atoms with Crippen molar-refractivity contribution < 1.29 is 9.47 Å². The number of hydrogen-bond acceptors (Lipinski definition) is 8. The van der Waals surface area contributed by atoms with Crippen LogP contribution in [-0.2, 0) is 0 Å². The molecule has 1 aliphatic heterocycles. The number of anilines is 1. The lowest BCUT2D eigenvalue weighted by Crippen LogP contribution is -2.49. The zero-order valence-electron chi connectivity index (χ0n) is 22.5. The van der Waals surface area contributed by atoms with E-state index in [2.05, 4.69) is 42.4 Å². The minimum Gasteiger partial charge on any atom is -0.497 e. The van der Waals surface area contributed by atoms with E-state index in [1.807, 2.05) is 41.1 Å². The van der Waals surface area contributed by atoms with Gasteiger partial charge in [-0.15, -0.1) is 5.10 Å². The highest BCUT2D eigenvalue weighted by Crippen LogP contribution is 2.34. The Hall–Kier alpha value is -3.92. The van der Waals surface area contributed by atoms with Gasteiger partial charge in [0.2, 0.25) is 0 Å². The molecule has 4 aromatic rings. The molecule has 1 atom stereocenters. The Morgan fingerprint density at radius 1 is 0.897 bits per heavy atom. The normalized spacial score (nSPS) is 17.8. The maximum Gasteiger partial charge on any atom is 0.253 e. The van der Waals surface area contributed by atoms with Crippen LogP contribution in [0.15, 0.2) is 53.3 Å². The maximum absolute atomic E-state index is 13.6. The molecular formula is C29H35N7O3. The van der Waals surface area contributed by atoms with Gasteiger partial charge < -0.3 is 19.4 Å². The van der Waals surface area contributed by atoms with Crippen molar-refractivity contribution >= 4 is 16.6 Å². The van der Waals surface area contributed by atoms with Crippen LogP contribution in [0.3, 0.4) is 0 Å². The van der Waals surface area contributed by atoms with E-state index in [9.17, 15) is 4.79 Å². The van der Waals surface area contributed by atoms with Gasteiger partial charge in [-0.05, 0) is 71.8 Å². The van der Waals surface area contributed by atoms with Crippen LogP contribution in [0.25, 0.3) is 10.9 Å². The Kier molecular flexibility index (Phi) is 7.19. The molecule has 0 bridgehead atoms. The highest BCUT2D eigenvalue weighted by molar-refractivity contribution is 5.80. The van der Waals surface area contributed by atoms with E-state index < -0.39 is 0 Å². The summed E-state index contributed by atoms with van der Waals surface area (Å²) >= 11 is 0. The molecule has 0 amide bonds. The van der Waals surface area contributed by atoms with Crippen molar-refractivity contribution in [3.63, 3.8) is 0 Å².